The second-order valence-corrected chi connectivity index (χ2v) is 5.11. The zero-order valence-electron chi connectivity index (χ0n) is 7.02. The molecule has 1 heterocycles. The van der Waals surface area contributed by atoms with Gasteiger partial charge in [-0.25, -0.2) is 0 Å². The predicted octanol–water partition coefficient (Wildman–Crippen LogP) is 4.21. The van der Waals surface area contributed by atoms with Gasteiger partial charge in [0.05, 0.1) is 4.34 Å². The minimum Gasteiger partial charge on any atom is -0.128 e. The molecular weight excluding hydrogens is 211 g/mol. The summed E-state index contributed by atoms with van der Waals surface area (Å²) in [5, 5.41) is 0. The summed E-state index contributed by atoms with van der Waals surface area (Å²) in [5.41, 5.74) is 0. The normalized spacial score (nSPS) is 13.2. The maximum absolute atomic E-state index is 5.80. The van der Waals surface area contributed by atoms with E-state index in [-0.39, 0.29) is 0 Å². The van der Waals surface area contributed by atoms with Gasteiger partial charge in [-0.1, -0.05) is 18.5 Å². The van der Waals surface area contributed by atoms with Crippen LogP contribution in [0.3, 0.4) is 0 Å². The lowest BCUT2D eigenvalue weighted by atomic mass is 10.1. The molecule has 12 heavy (non-hydrogen) atoms. The van der Waals surface area contributed by atoms with Crippen LogP contribution in [0.4, 0.5) is 0 Å². The maximum atomic E-state index is 5.80. The molecule has 0 spiro atoms. The van der Waals surface area contributed by atoms with Gasteiger partial charge in [-0.3, -0.25) is 0 Å². The van der Waals surface area contributed by atoms with E-state index in [1.54, 1.807) is 11.3 Å². The fraction of sp³-hybridized carbons (Fsp3) is 0.556. The molecule has 0 fully saturated rings. The summed E-state index contributed by atoms with van der Waals surface area (Å²) >= 11 is 13.2. The van der Waals surface area contributed by atoms with Crippen LogP contribution in [-0.2, 0) is 6.42 Å². The number of rotatable bonds is 4. The van der Waals surface area contributed by atoms with Crippen molar-refractivity contribution in [1.82, 2.24) is 0 Å². The van der Waals surface area contributed by atoms with Gasteiger partial charge in [0.1, 0.15) is 0 Å². The smallest absolute Gasteiger partial charge is 0.0931 e. The molecule has 1 aromatic heterocycles. The first kappa shape index (κ1) is 10.4. The molecule has 68 valence electrons. The van der Waals surface area contributed by atoms with Gasteiger partial charge in [0, 0.05) is 10.8 Å². The van der Waals surface area contributed by atoms with Crippen LogP contribution in [0, 0.1) is 5.92 Å². The van der Waals surface area contributed by atoms with E-state index in [4.69, 9.17) is 23.2 Å². The van der Waals surface area contributed by atoms with Crippen LogP contribution in [0.25, 0.3) is 0 Å². The summed E-state index contributed by atoms with van der Waals surface area (Å²) in [5.74, 6) is 1.35. The van der Waals surface area contributed by atoms with Crippen molar-refractivity contribution < 1.29 is 0 Å². The quantitative estimate of drug-likeness (QED) is 0.671. The summed E-state index contributed by atoms with van der Waals surface area (Å²) < 4.78 is 0.878. The van der Waals surface area contributed by atoms with E-state index in [0.717, 1.165) is 23.1 Å². The summed E-state index contributed by atoms with van der Waals surface area (Å²) in [4.78, 5) is 1.36. The summed E-state index contributed by atoms with van der Waals surface area (Å²) in [6.45, 7) is 2.17. The predicted molar refractivity (Wildman–Crippen MR) is 57.5 cm³/mol. The van der Waals surface area contributed by atoms with E-state index in [2.05, 4.69) is 13.0 Å². The SMILES string of the molecule is CC(CCl)CCc1ccc(Cl)s1. The minimum atomic E-state index is 0.604. The average molecular weight is 223 g/mol. The van der Waals surface area contributed by atoms with Gasteiger partial charge in [-0.15, -0.1) is 22.9 Å². The first-order valence-corrected chi connectivity index (χ1v) is 5.75. The highest BCUT2D eigenvalue weighted by Gasteiger charge is 2.02. The van der Waals surface area contributed by atoms with Gasteiger partial charge in [0.25, 0.3) is 0 Å². The number of hydrogen-bond acceptors (Lipinski definition) is 1. The van der Waals surface area contributed by atoms with Gasteiger partial charge in [-0.05, 0) is 30.9 Å². The number of hydrogen-bond donors (Lipinski definition) is 0. The third-order valence-electron chi connectivity index (χ3n) is 1.78. The molecular formula is C9H12Cl2S. The molecule has 1 rings (SSSR count). The molecule has 0 saturated heterocycles. The zero-order chi connectivity index (χ0) is 8.97. The lowest BCUT2D eigenvalue weighted by Crippen LogP contribution is -1.96. The third kappa shape index (κ3) is 3.34. The standard InChI is InChI=1S/C9H12Cl2S/c1-7(6-10)2-3-8-4-5-9(11)12-8/h4-5,7H,2-3,6H2,1H3. The van der Waals surface area contributed by atoms with Crippen LogP contribution in [0.1, 0.15) is 18.2 Å². The topological polar surface area (TPSA) is 0 Å². The van der Waals surface area contributed by atoms with Crippen LogP contribution in [0.2, 0.25) is 4.34 Å². The highest BCUT2D eigenvalue weighted by Crippen LogP contribution is 2.23. The second-order valence-electron chi connectivity index (χ2n) is 3.00. The Kier molecular flexibility index (Phi) is 4.41. The Balaban J connectivity index is 2.33. The highest BCUT2D eigenvalue weighted by molar-refractivity contribution is 7.16. The molecule has 0 aromatic carbocycles. The zero-order valence-corrected chi connectivity index (χ0v) is 9.35. The Hall–Kier alpha value is 0.280. The fourth-order valence-corrected chi connectivity index (χ4v) is 2.21. The van der Waals surface area contributed by atoms with E-state index in [0.29, 0.717) is 5.92 Å². The molecule has 0 aliphatic heterocycles. The molecule has 1 unspecified atom stereocenters. The fourth-order valence-electron chi connectivity index (χ4n) is 0.952. The molecule has 0 saturated carbocycles. The highest BCUT2D eigenvalue weighted by atomic mass is 35.5. The molecule has 0 amide bonds. The summed E-state index contributed by atoms with van der Waals surface area (Å²) in [6.07, 6.45) is 2.26. The molecule has 0 N–H and O–H groups in total. The number of aryl methyl sites for hydroxylation is 1. The molecule has 0 aliphatic carbocycles. The van der Waals surface area contributed by atoms with E-state index in [9.17, 15) is 0 Å². The Bertz CT molecular complexity index is 232. The van der Waals surface area contributed by atoms with Crippen molar-refractivity contribution in [2.24, 2.45) is 5.92 Å². The van der Waals surface area contributed by atoms with Crippen molar-refractivity contribution in [2.75, 3.05) is 5.88 Å². The van der Waals surface area contributed by atoms with Gasteiger partial charge >= 0.3 is 0 Å². The Morgan fingerprint density at radius 1 is 1.50 bits per heavy atom. The van der Waals surface area contributed by atoms with Crippen molar-refractivity contribution >= 4 is 34.5 Å². The molecule has 0 radical (unpaired) electrons. The van der Waals surface area contributed by atoms with E-state index >= 15 is 0 Å². The van der Waals surface area contributed by atoms with Gasteiger partial charge in [0.2, 0.25) is 0 Å². The van der Waals surface area contributed by atoms with Crippen LogP contribution < -0.4 is 0 Å². The van der Waals surface area contributed by atoms with E-state index < -0.39 is 0 Å². The van der Waals surface area contributed by atoms with Gasteiger partial charge in [-0.2, -0.15) is 0 Å². The molecule has 0 aliphatic rings. The van der Waals surface area contributed by atoms with Crippen molar-refractivity contribution in [3.05, 3.63) is 21.3 Å². The maximum Gasteiger partial charge on any atom is 0.0931 e. The van der Waals surface area contributed by atoms with Crippen LogP contribution >= 0.6 is 34.5 Å². The van der Waals surface area contributed by atoms with Gasteiger partial charge in [0.15, 0.2) is 0 Å². The molecule has 1 atom stereocenters. The number of thiophene rings is 1. The lowest BCUT2D eigenvalue weighted by Gasteiger charge is -2.04. The Labute approximate surface area is 87.5 Å². The van der Waals surface area contributed by atoms with Crippen LogP contribution in [0.5, 0.6) is 0 Å². The Morgan fingerprint density at radius 2 is 2.25 bits per heavy atom. The second kappa shape index (κ2) is 5.11. The lowest BCUT2D eigenvalue weighted by molar-refractivity contribution is 0.596. The Morgan fingerprint density at radius 3 is 2.75 bits per heavy atom. The number of alkyl halides is 1. The van der Waals surface area contributed by atoms with Crippen molar-refractivity contribution in [2.45, 2.75) is 19.8 Å². The first-order valence-electron chi connectivity index (χ1n) is 4.02. The van der Waals surface area contributed by atoms with E-state index in [1.807, 2.05) is 6.07 Å². The largest absolute Gasteiger partial charge is 0.128 e. The van der Waals surface area contributed by atoms with Crippen LogP contribution in [0.15, 0.2) is 12.1 Å². The van der Waals surface area contributed by atoms with Crippen molar-refractivity contribution in [3.63, 3.8) is 0 Å². The average Bonchev–Trinajstić information content (AvgIpc) is 2.47. The molecule has 3 heteroatoms. The van der Waals surface area contributed by atoms with Crippen molar-refractivity contribution in [3.8, 4) is 0 Å². The van der Waals surface area contributed by atoms with Crippen LogP contribution in [-0.4, -0.2) is 5.88 Å². The minimum absolute atomic E-state index is 0.604. The molecule has 0 bridgehead atoms. The first-order chi connectivity index (χ1) is 5.72. The molecule has 0 nitrogen and oxygen atoms in total. The summed E-state index contributed by atoms with van der Waals surface area (Å²) in [7, 11) is 0. The molecule has 1 aromatic rings. The third-order valence-corrected chi connectivity index (χ3v) is 3.59. The van der Waals surface area contributed by atoms with Gasteiger partial charge < -0.3 is 0 Å². The summed E-state index contributed by atoms with van der Waals surface area (Å²) in [6, 6.07) is 4.04. The van der Waals surface area contributed by atoms with Crippen molar-refractivity contribution in [1.29, 1.82) is 0 Å². The van der Waals surface area contributed by atoms with E-state index in [1.165, 1.54) is 4.88 Å². The number of halogens is 2. The monoisotopic (exact) mass is 222 g/mol.